The number of halogens is 1. The molecule has 0 N–H and O–H groups in total. The number of hydrogen-bond donors (Lipinski definition) is 0. The van der Waals surface area contributed by atoms with Crippen LogP contribution in [0.1, 0.15) is 40.8 Å². The molecule has 8 heteroatoms. The van der Waals surface area contributed by atoms with Crippen molar-refractivity contribution in [1.82, 2.24) is 9.38 Å². The van der Waals surface area contributed by atoms with Gasteiger partial charge in [-0.25, -0.2) is 18.6 Å². The second-order valence-corrected chi connectivity index (χ2v) is 6.96. The van der Waals surface area contributed by atoms with Crippen LogP contribution in [0.3, 0.4) is 0 Å². The van der Waals surface area contributed by atoms with Crippen LogP contribution in [0, 0.1) is 18.3 Å². The zero-order valence-corrected chi connectivity index (χ0v) is 15.2. The predicted octanol–water partition coefficient (Wildman–Crippen LogP) is 3.25. The second-order valence-electron chi connectivity index (χ2n) is 5.78. The molecule has 0 saturated heterocycles. The highest BCUT2D eigenvalue weighted by Crippen LogP contribution is 2.28. The lowest BCUT2D eigenvalue weighted by molar-refractivity contribution is 0.0517. The number of allylic oxidation sites excluding steroid dienone is 4. The van der Waals surface area contributed by atoms with Gasteiger partial charge in [0.2, 0.25) is 0 Å². The number of aromatic nitrogens is 2. The summed E-state index contributed by atoms with van der Waals surface area (Å²) in [5.41, 5.74) is 0.636. The Kier molecular flexibility index (Phi) is 5.00. The highest BCUT2D eigenvalue weighted by Gasteiger charge is 2.22. The van der Waals surface area contributed by atoms with Gasteiger partial charge in [-0.15, -0.1) is 11.3 Å². The van der Waals surface area contributed by atoms with Gasteiger partial charge in [0, 0.05) is 17.4 Å². The molecule has 0 saturated carbocycles. The van der Waals surface area contributed by atoms with E-state index in [0.717, 1.165) is 0 Å². The molecule has 2 aromatic heterocycles. The molecule has 0 amide bonds. The first kappa shape index (κ1) is 18.0. The number of ether oxygens (including phenoxy) is 1. The molecule has 0 unspecified atom stereocenters. The molecule has 0 radical (unpaired) electrons. The van der Waals surface area contributed by atoms with Crippen molar-refractivity contribution in [3.63, 3.8) is 0 Å². The van der Waals surface area contributed by atoms with Gasteiger partial charge in [-0.05, 0) is 32.3 Å². The van der Waals surface area contributed by atoms with Crippen LogP contribution in [0.2, 0.25) is 0 Å². The Morgan fingerprint density at radius 1 is 1.54 bits per heavy atom. The molecule has 0 bridgehead atoms. The van der Waals surface area contributed by atoms with Gasteiger partial charge in [0.05, 0.1) is 23.9 Å². The lowest BCUT2D eigenvalue weighted by atomic mass is 9.96. The standard InChI is InChI=1S/C18H16FN3O3S/c1-3-25-17(24)16-10(2)26-18-21-13(8-14(23)22(16)18)7-11-5-4-6-12(9-20)15(11)19/h5,8H,3-4,6-7H2,1-2H3. The van der Waals surface area contributed by atoms with E-state index < -0.39 is 17.4 Å². The van der Waals surface area contributed by atoms with Gasteiger partial charge in [0.15, 0.2) is 4.96 Å². The number of esters is 1. The molecular weight excluding hydrogens is 357 g/mol. The van der Waals surface area contributed by atoms with Gasteiger partial charge in [-0.1, -0.05) is 6.08 Å². The Hall–Kier alpha value is -2.79. The van der Waals surface area contributed by atoms with E-state index >= 15 is 0 Å². The van der Waals surface area contributed by atoms with Gasteiger partial charge in [-0.2, -0.15) is 5.26 Å². The van der Waals surface area contributed by atoms with Crippen molar-refractivity contribution in [2.45, 2.75) is 33.1 Å². The molecule has 0 aromatic carbocycles. The smallest absolute Gasteiger partial charge is 0.356 e. The monoisotopic (exact) mass is 373 g/mol. The van der Waals surface area contributed by atoms with Crippen molar-refractivity contribution < 1.29 is 13.9 Å². The van der Waals surface area contributed by atoms with Crippen molar-refractivity contribution in [2.75, 3.05) is 6.61 Å². The third-order valence-corrected chi connectivity index (χ3v) is 5.01. The number of nitrogens with zero attached hydrogens (tertiary/aromatic N) is 3. The van der Waals surface area contributed by atoms with E-state index in [9.17, 15) is 14.0 Å². The first-order valence-corrected chi connectivity index (χ1v) is 8.95. The number of carbonyl (C=O) groups is 1. The Morgan fingerprint density at radius 3 is 3.00 bits per heavy atom. The minimum Gasteiger partial charge on any atom is -0.461 e. The molecule has 0 spiro atoms. The molecule has 0 aliphatic heterocycles. The summed E-state index contributed by atoms with van der Waals surface area (Å²) in [6, 6.07) is 3.16. The maximum absolute atomic E-state index is 14.3. The number of carbonyl (C=O) groups excluding carboxylic acids is 1. The summed E-state index contributed by atoms with van der Waals surface area (Å²) in [7, 11) is 0. The fourth-order valence-corrected chi connectivity index (χ4v) is 3.86. The van der Waals surface area contributed by atoms with E-state index in [1.165, 1.54) is 21.8 Å². The highest BCUT2D eigenvalue weighted by molar-refractivity contribution is 7.17. The number of fused-ring (bicyclic) bond motifs is 1. The Morgan fingerprint density at radius 2 is 2.31 bits per heavy atom. The summed E-state index contributed by atoms with van der Waals surface area (Å²) in [5.74, 6) is -1.11. The van der Waals surface area contributed by atoms with Crippen LogP contribution in [-0.2, 0) is 11.2 Å². The van der Waals surface area contributed by atoms with Gasteiger partial charge in [-0.3, -0.25) is 4.79 Å². The number of aryl methyl sites for hydroxylation is 1. The fraction of sp³-hybridized carbons (Fsp3) is 0.333. The average Bonchev–Trinajstić information content (AvgIpc) is 2.93. The van der Waals surface area contributed by atoms with Gasteiger partial charge >= 0.3 is 5.97 Å². The molecule has 1 aliphatic carbocycles. The number of nitriles is 1. The molecular formula is C18H16FN3O3S. The first-order chi connectivity index (χ1) is 12.5. The summed E-state index contributed by atoms with van der Waals surface area (Å²) in [4.78, 5) is 30.0. The van der Waals surface area contributed by atoms with E-state index in [0.29, 0.717) is 33.9 Å². The van der Waals surface area contributed by atoms with Gasteiger partial charge in [0.1, 0.15) is 11.5 Å². The topological polar surface area (TPSA) is 84.5 Å². The minimum atomic E-state index is -0.574. The summed E-state index contributed by atoms with van der Waals surface area (Å²) < 4.78 is 20.5. The van der Waals surface area contributed by atoms with E-state index in [-0.39, 0.29) is 24.3 Å². The quantitative estimate of drug-likeness (QED) is 0.768. The predicted molar refractivity (Wildman–Crippen MR) is 94.8 cm³/mol. The second kappa shape index (κ2) is 7.22. The molecule has 3 rings (SSSR count). The molecule has 134 valence electrons. The van der Waals surface area contributed by atoms with Crippen molar-refractivity contribution >= 4 is 22.3 Å². The van der Waals surface area contributed by atoms with Crippen LogP contribution in [0.4, 0.5) is 4.39 Å². The third-order valence-electron chi connectivity index (χ3n) is 4.05. The highest BCUT2D eigenvalue weighted by atomic mass is 32.1. The van der Waals surface area contributed by atoms with Gasteiger partial charge in [0.25, 0.3) is 5.56 Å². The van der Waals surface area contributed by atoms with Gasteiger partial charge < -0.3 is 4.74 Å². The van der Waals surface area contributed by atoms with Crippen LogP contribution in [0.5, 0.6) is 0 Å². The molecule has 1 aliphatic rings. The SMILES string of the molecule is CCOC(=O)c1c(C)sc2nc(CC3=CCCC(C#N)=C3F)cc(=O)n12. The van der Waals surface area contributed by atoms with Crippen molar-refractivity contribution in [3.8, 4) is 6.07 Å². The molecule has 26 heavy (non-hydrogen) atoms. The minimum absolute atomic E-state index is 0.119. The summed E-state index contributed by atoms with van der Waals surface area (Å²) in [6.45, 7) is 3.61. The Labute approximate surface area is 152 Å². The molecule has 2 aromatic rings. The van der Waals surface area contributed by atoms with E-state index in [1.54, 1.807) is 19.9 Å². The largest absolute Gasteiger partial charge is 0.461 e. The summed E-state index contributed by atoms with van der Waals surface area (Å²) >= 11 is 1.20. The molecule has 0 atom stereocenters. The summed E-state index contributed by atoms with van der Waals surface area (Å²) in [6.07, 6.45) is 2.81. The first-order valence-electron chi connectivity index (χ1n) is 8.13. The number of thiazole rings is 1. The lowest BCUT2D eigenvalue weighted by Gasteiger charge is -2.12. The summed E-state index contributed by atoms with van der Waals surface area (Å²) in [5, 5.41) is 8.97. The van der Waals surface area contributed by atoms with Crippen LogP contribution in [-0.4, -0.2) is 22.0 Å². The van der Waals surface area contributed by atoms with Crippen molar-refractivity contribution in [3.05, 3.63) is 55.7 Å². The third kappa shape index (κ3) is 3.18. The molecule has 6 nitrogen and oxygen atoms in total. The van der Waals surface area contributed by atoms with Crippen LogP contribution < -0.4 is 5.56 Å². The zero-order valence-electron chi connectivity index (χ0n) is 14.3. The van der Waals surface area contributed by atoms with Crippen molar-refractivity contribution in [1.29, 1.82) is 5.26 Å². The van der Waals surface area contributed by atoms with E-state index in [4.69, 9.17) is 10.00 Å². The van der Waals surface area contributed by atoms with Crippen molar-refractivity contribution in [2.24, 2.45) is 0 Å². The maximum Gasteiger partial charge on any atom is 0.356 e. The van der Waals surface area contributed by atoms with Crippen LogP contribution >= 0.6 is 11.3 Å². The van der Waals surface area contributed by atoms with E-state index in [1.807, 2.05) is 6.07 Å². The average molecular weight is 373 g/mol. The lowest BCUT2D eigenvalue weighted by Crippen LogP contribution is -2.20. The fourth-order valence-electron chi connectivity index (χ4n) is 2.88. The zero-order chi connectivity index (χ0) is 18.8. The molecule has 2 heterocycles. The Balaban J connectivity index is 2.02. The van der Waals surface area contributed by atoms with Crippen LogP contribution in [0.15, 0.2) is 33.9 Å². The normalized spacial score (nSPS) is 14.3. The number of hydrogen-bond acceptors (Lipinski definition) is 6. The van der Waals surface area contributed by atoms with E-state index in [2.05, 4.69) is 4.98 Å². The number of rotatable bonds is 4. The maximum atomic E-state index is 14.3. The Bertz CT molecular complexity index is 1060. The molecule has 0 fully saturated rings. The van der Waals surface area contributed by atoms with Crippen LogP contribution in [0.25, 0.3) is 4.96 Å².